The van der Waals surface area contributed by atoms with Crippen molar-refractivity contribution >= 4 is 46.3 Å². The van der Waals surface area contributed by atoms with Gasteiger partial charge < -0.3 is 9.47 Å². The molecule has 0 spiro atoms. The second-order valence-corrected chi connectivity index (χ2v) is 10.6. The summed E-state index contributed by atoms with van der Waals surface area (Å²) in [5.74, 6) is 1.84. The summed E-state index contributed by atoms with van der Waals surface area (Å²) in [5.41, 5.74) is 1.76. The summed E-state index contributed by atoms with van der Waals surface area (Å²) in [7, 11) is 0. The summed E-state index contributed by atoms with van der Waals surface area (Å²) in [6.07, 6.45) is 9.08. The molecule has 38 heavy (non-hydrogen) atoms. The van der Waals surface area contributed by atoms with Crippen LogP contribution in [0, 0.1) is 0 Å². The minimum absolute atomic E-state index is 0.00594. The number of halogens is 1. The van der Waals surface area contributed by atoms with Gasteiger partial charge in [0.15, 0.2) is 22.5 Å². The number of hydrogen-bond acceptors (Lipinski definition) is 6. The molecule has 1 aromatic heterocycles. The summed E-state index contributed by atoms with van der Waals surface area (Å²) >= 11 is 7.69. The van der Waals surface area contributed by atoms with Crippen molar-refractivity contribution in [3.63, 3.8) is 0 Å². The van der Waals surface area contributed by atoms with Crippen molar-refractivity contribution in [3.8, 4) is 11.5 Å². The van der Waals surface area contributed by atoms with Crippen molar-refractivity contribution in [2.24, 2.45) is 4.99 Å². The molecule has 0 radical (unpaired) electrons. The number of benzene rings is 2. The Morgan fingerprint density at radius 3 is 2.63 bits per heavy atom. The second-order valence-electron chi connectivity index (χ2n) is 9.18. The van der Waals surface area contributed by atoms with Gasteiger partial charge in [-0.15, -0.1) is 0 Å². The van der Waals surface area contributed by atoms with Crippen LogP contribution in [-0.4, -0.2) is 33.6 Å². The molecule has 3 aromatic rings. The Hall–Kier alpha value is -3.29. The number of amides is 1. The van der Waals surface area contributed by atoms with Crippen LogP contribution in [0.25, 0.3) is 6.08 Å². The number of amidine groups is 1. The van der Waals surface area contributed by atoms with Crippen molar-refractivity contribution in [1.82, 2.24) is 9.88 Å². The lowest BCUT2D eigenvalue weighted by atomic mass is 9.94. The number of pyridine rings is 1. The maximum absolute atomic E-state index is 13.6. The van der Waals surface area contributed by atoms with Gasteiger partial charge in [-0.2, -0.15) is 0 Å². The van der Waals surface area contributed by atoms with Gasteiger partial charge in [-0.3, -0.25) is 9.69 Å². The monoisotopic (exact) mass is 547 g/mol. The molecule has 1 aliphatic carbocycles. The molecular formula is C30H30ClN3O3S. The Bertz CT molecular complexity index is 1340. The van der Waals surface area contributed by atoms with Gasteiger partial charge in [0.05, 0.1) is 11.5 Å². The lowest BCUT2D eigenvalue weighted by Gasteiger charge is -2.30. The first-order valence-corrected chi connectivity index (χ1v) is 14.2. The minimum atomic E-state index is -0.00594. The van der Waals surface area contributed by atoms with Gasteiger partial charge >= 0.3 is 0 Å². The Kier molecular flexibility index (Phi) is 8.66. The highest BCUT2D eigenvalue weighted by atomic mass is 35.5. The fourth-order valence-electron chi connectivity index (χ4n) is 4.67. The molecule has 8 heteroatoms. The van der Waals surface area contributed by atoms with E-state index in [1.807, 2.05) is 78.6 Å². The van der Waals surface area contributed by atoms with Crippen LogP contribution in [0.1, 0.15) is 50.2 Å². The highest BCUT2D eigenvalue weighted by Crippen LogP contribution is 2.39. The number of nitrogens with zero attached hydrogens (tertiary/aromatic N) is 3. The molecule has 0 unspecified atom stereocenters. The SMILES string of the molecule is CCOc1cc(/C=C2\S/C(=N/c3ccccn3)N(C3CCCCC3)C2=O)ccc1OCc1ccccc1Cl. The number of carbonyl (C=O) groups excluding carboxylic acids is 1. The van der Waals surface area contributed by atoms with Crippen molar-refractivity contribution < 1.29 is 14.3 Å². The Labute approximate surface area is 232 Å². The quantitative estimate of drug-likeness (QED) is 0.271. The molecule has 2 heterocycles. The molecule has 6 nitrogen and oxygen atoms in total. The number of hydrogen-bond donors (Lipinski definition) is 0. The minimum Gasteiger partial charge on any atom is -0.490 e. The second kappa shape index (κ2) is 12.5. The third-order valence-corrected chi connectivity index (χ3v) is 7.89. The van der Waals surface area contributed by atoms with Gasteiger partial charge in [0, 0.05) is 22.8 Å². The van der Waals surface area contributed by atoms with Crippen LogP contribution in [-0.2, 0) is 11.4 Å². The summed E-state index contributed by atoms with van der Waals surface area (Å²) in [6, 6.07) is 19.1. The van der Waals surface area contributed by atoms with E-state index in [1.54, 1.807) is 6.20 Å². The lowest BCUT2D eigenvalue weighted by Crippen LogP contribution is -2.40. The summed E-state index contributed by atoms with van der Waals surface area (Å²) in [6.45, 7) is 2.76. The highest BCUT2D eigenvalue weighted by molar-refractivity contribution is 8.18. The van der Waals surface area contributed by atoms with E-state index >= 15 is 0 Å². The van der Waals surface area contributed by atoms with E-state index in [4.69, 9.17) is 26.1 Å². The number of carbonyl (C=O) groups is 1. The number of aromatic nitrogens is 1. The molecule has 1 saturated heterocycles. The zero-order valence-electron chi connectivity index (χ0n) is 21.3. The van der Waals surface area contributed by atoms with Crippen LogP contribution in [0.4, 0.5) is 5.82 Å². The van der Waals surface area contributed by atoms with Crippen molar-refractivity contribution in [2.75, 3.05) is 6.61 Å². The van der Waals surface area contributed by atoms with Gasteiger partial charge in [-0.05, 0) is 73.5 Å². The number of thioether (sulfide) groups is 1. The molecular weight excluding hydrogens is 518 g/mol. The van der Waals surface area contributed by atoms with E-state index in [-0.39, 0.29) is 11.9 Å². The predicted molar refractivity (Wildman–Crippen MR) is 154 cm³/mol. The Morgan fingerprint density at radius 2 is 1.87 bits per heavy atom. The summed E-state index contributed by atoms with van der Waals surface area (Å²) in [5, 5.41) is 1.35. The Balaban J connectivity index is 1.41. The molecule has 0 N–H and O–H groups in total. The van der Waals surface area contributed by atoms with Crippen molar-refractivity contribution in [3.05, 3.63) is 87.9 Å². The van der Waals surface area contributed by atoms with Crippen molar-refractivity contribution in [2.45, 2.75) is 51.7 Å². The van der Waals surface area contributed by atoms with E-state index in [2.05, 4.69) is 4.98 Å². The van der Waals surface area contributed by atoms with E-state index in [9.17, 15) is 4.79 Å². The third kappa shape index (κ3) is 6.22. The zero-order chi connectivity index (χ0) is 26.3. The lowest BCUT2D eigenvalue weighted by molar-refractivity contribution is -0.124. The molecule has 0 bridgehead atoms. The first-order valence-electron chi connectivity index (χ1n) is 13.0. The average molecular weight is 548 g/mol. The molecule has 5 rings (SSSR count). The van der Waals surface area contributed by atoms with Gasteiger partial charge in [-0.25, -0.2) is 9.98 Å². The first-order chi connectivity index (χ1) is 18.6. The molecule has 2 aliphatic rings. The van der Waals surface area contributed by atoms with Crippen LogP contribution in [0.5, 0.6) is 11.5 Å². The smallest absolute Gasteiger partial charge is 0.267 e. The normalized spacial score (nSPS) is 18.4. The maximum atomic E-state index is 13.6. The van der Waals surface area contributed by atoms with Crippen LogP contribution in [0.2, 0.25) is 5.02 Å². The first kappa shape index (κ1) is 26.3. The van der Waals surface area contributed by atoms with Gasteiger partial charge in [0.2, 0.25) is 0 Å². The maximum Gasteiger partial charge on any atom is 0.267 e. The predicted octanol–water partition coefficient (Wildman–Crippen LogP) is 7.65. The van der Waals surface area contributed by atoms with E-state index in [0.29, 0.717) is 45.6 Å². The molecule has 1 saturated carbocycles. The van der Waals surface area contributed by atoms with Gasteiger partial charge in [-0.1, -0.05) is 61.2 Å². The van der Waals surface area contributed by atoms with Gasteiger partial charge in [0.25, 0.3) is 5.91 Å². The van der Waals surface area contributed by atoms with E-state index in [1.165, 1.54) is 18.2 Å². The molecule has 1 aliphatic heterocycles. The van der Waals surface area contributed by atoms with E-state index < -0.39 is 0 Å². The topological polar surface area (TPSA) is 64.0 Å². The highest BCUT2D eigenvalue weighted by Gasteiger charge is 2.38. The number of ether oxygens (including phenoxy) is 2. The molecule has 2 fully saturated rings. The molecule has 0 atom stereocenters. The van der Waals surface area contributed by atoms with Gasteiger partial charge in [0.1, 0.15) is 6.61 Å². The zero-order valence-corrected chi connectivity index (χ0v) is 22.9. The van der Waals surface area contributed by atoms with Crippen LogP contribution in [0.3, 0.4) is 0 Å². The third-order valence-electron chi connectivity index (χ3n) is 6.54. The average Bonchev–Trinajstić information content (AvgIpc) is 3.24. The van der Waals surface area contributed by atoms with Crippen LogP contribution < -0.4 is 9.47 Å². The van der Waals surface area contributed by atoms with Crippen molar-refractivity contribution in [1.29, 1.82) is 0 Å². The fourth-order valence-corrected chi connectivity index (χ4v) is 5.91. The molecule has 2 aromatic carbocycles. The standard InChI is InChI=1S/C30H30ClN3O3S/c1-2-36-26-18-21(15-16-25(26)37-20-22-10-6-7-13-24(22)31)19-27-29(35)34(23-11-4-3-5-12-23)30(38-27)33-28-14-8-9-17-32-28/h6-10,13-19,23H,2-5,11-12,20H2,1H3/b27-19-,33-30+. The van der Waals surface area contributed by atoms with Crippen LogP contribution in [0.15, 0.2) is 76.8 Å². The summed E-state index contributed by atoms with van der Waals surface area (Å²) < 4.78 is 11.9. The Morgan fingerprint density at radius 1 is 1.05 bits per heavy atom. The summed E-state index contributed by atoms with van der Waals surface area (Å²) in [4.78, 5) is 25.3. The fraction of sp³-hybridized carbons (Fsp3) is 0.300. The number of rotatable bonds is 8. The largest absolute Gasteiger partial charge is 0.490 e. The van der Waals surface area contributed by atoms with E-state index in [0.717, 1.165) is 36.8 Å². The molecule has 196 valence electrons. The molecule has 1 amide bonds. The number of aliphatic imine (C=N–C) groups is 1. The van der Waals surface area contributed by atoms with Crippen LogP contribution >= 0.6 is 23.4 Å².